The maximum Gasteiger partial charge on any atom is 0.261 e. The molecular formula is C17H15ClN6O3. The van der Waals surface area contributed by atoms with E-state index in [9.17, 15) is 14.7 Å². The molecule has 0 bridgehead atoms. The molecule has 0 aromatic heterocycles. The van der Waals surface area contributed by atoms with Crippen molar-refractivity contribution >= 4 is 41.0 Å². The predicted octanol–water partition coefficient (Wildman–Crippen LogP) is 1.06. The van der Waals surface area contributed by atoms with Gasteiger partial charge < -0.3 is 22.3 Å². The largest absolute Gasteiger partial charge is 0.504 e. The van der Waals surface area contributed by atoms with Gasteiger partial charge in [-0.05, 0) is 29.8 Å². The first-order valence-electron chi connectivity index (χ1n) is 7.68. The summed E-state index contributed by atoms with van der Waals surface area (Å²) in [6, 6.07) is 9.40. The van der Waals surface area contributed by atoms with Crippen molar-refractivity contribution in [2.75, 3.05) is 0 Å². The molecule has 7 N–H and O–H groups in total. The number of carbonyl (C=O) groups is 2. The van der Waals surface area contributed by atoms with E-state index in [2.05, 4.69) is 9.98 Å². The van der Waals surface area contributed by atoms with Crippen LogP contribution in [0.3, 0.4) is 0 Å². The molecule has 2 aromatic carbocycles. The lowest BCUT2D eigenvalue weighted by Gasteiger charge is -2.15. The monoisotopic (exact) mass is 386 g/mol. The van der Waals surface area contributed by atoms with Crippen molar-refractivity contribution in [1.82, 2.24) is 4.90 Å². The number of carbonyl (C=O) groups excluding carboxylic acids is 2. The lowest BCUT2D eigenvalue weighted by Crippen LogP contribution is -2.29. The molecule has 1 aliphatic rings. The van der Waals surface area contributed by atoms with Gasteiger partial charge >= 0.3 is 0 Å². The fraction of sp³-hybridized carbons (Fsp3) is 0.0588. The number of phenolic OH excluding ortho intramolecular Hbond substituents is 1. The summed E-state index contributed by atoms with van der Waals surface area (Å²) >= 11 is 6.02. The SMILES string of the molecule is NC(N)=NC(N)=Nc1cc(CN2C(=O)c3ccccc3C2=O)cc(Cl)c1O. The molecule has 138 valence electrons. The molecule has 0 spiro atoms. The van der Waals surface area contributed by atoms with Gasteiger partial charge in [0.1, 0.15) is 5.69 Å². The molecule has 1 aliphatic heterocycles. The number of benzene rings is 2. The number of fused-ring (bicyclic) bond motifs is 1. The highest BCUT2D eigenvalue weighted by atomic mass is 35.5. The van der Waals surface area contributed by atoms with Crippen molar-refractivity contribution in [3.63, 3.8) is 0 Å². The van der Waals surface area contributed by atoms with Gasteiger partial charge in [-0.2, -0.15) is 4.99 Å². The molecule has 1 heterocycles. The summed E-state index contributed by atoms with van der Waals surface area (Å²) in [4.78, 5) is 33.5. The molecule has 0 unspecified atom stereocenters. The number of hydrogen-bond donors (Lipinski definition) is 4. The molecule has 2 amide bonds. The lowest BCUT2D eigenvalue weighted by molar-refractivity contribution is 0.0642. The Hall–Kier alpha value is -3.59. The zero-order valence-electron chi connectivity index (χ0n) is 13.9. The molecular weight excluding hydrogens is 372 g/mol. The second-order valence-electron chi connectivity index (χ2n) is 5.69. The smallest absolute Gasteiger partial charge is 0.261 e. The highest BCUT2D eigenvalue weighted by Gasteiger charge is 2.35. The fourth-order valence-corrected chi connectivity index (χ4v) is 2.90. The van der Waals surface area contributed by atoms with Gasteiger partial charge in [-0.25, -0.2) is 4.99 Å². The molecule has 0 saturated heterocycles. The van der Waals surface area contributed by atoms with E-state index in [1.807, 2.05) is 0 Å². The van der Waals surface area contributed by atoms with Gasteiger partial charge in [0.15, 0.2) is 11.7 Å². The first kappa shape index (κ1) is 18.2. The van der Waals surface area contributed by atoms with E-state index in [1.54, 1.807) is 24.3 Å². The van der Waals surface area contributed by atoms with Crippen molar-refractivity contribution in [2.45, 2.75) is 6.54 Å². The van der Waals surface area contributed by atoms with Gasteiger partial charge in [-0.3, -0.25) is 14.5 Å². The Morgan fingerprint density at radius 2 is 1.67 bits per heavy atom. The number of amides is 2. The van der Waals surface area contributed by atoms with Gasteiger partial charge in [0.05, 0.1) is 22.7 Å². The third kappa shape index (κ3) is 3.53. The summed E-state index contributed by atoms with van der Waals surface area (Å²) in [6.07, 6.45) is 0. The summed E-state index contributed by atoms with van der Waals surface area (Å²) in [5.74, 6) is -1.76. The number of aromatic hydroxyl groups is 1. The number of phenols is 1. The van der Waals surface area contributed by atoms with Crippen LogP contribution in [0.1, 0.15) is 26.3 Å². The third-order valence-corrected chi connectivity index (χ3v) is 4.09. The van der Waals surface area contributed by atoms with Crippen LogP contribution in [0.15, 0.2) is 46.4 Å². The minimum atomic E-state index is -0.412. The Morgan fingerprint density at radius 1 is 1.07 bits per heavy atom. The van der Waals surface area contributed by atoms with Crippen LogP contribution in [0.5, 0.6) is 5.75 Å². The highest BCUT2D eigenvalue weighted by Crippen LogP contribution is 2.36. The summed E-state index contributed by atoms with van der Waals surface area (Å²) in [6.45, 7) is -0.0585. The molecule has 2 aromatic rings. The zero-order chi connectivity index (χ0) is 19.7. The summed E-state index contributed by atoms with van der Waals surface area (Å²) in [5, 5.41) is 10.0. The van der Waals surface area contributed by atoms with E-state index in [0.29, 0.717) is 16.7 Å². The van der Waals surface area contributed by atoms with Crippen LogP contribution in [-0.4, -0.2) is 33.7 Å². The minimum absolute atomic E-state index is 0.00314. The molecule has 3 rings (SSSR count). The van der Waals surface area contributed by atoms with E-state index in [0.717, 1.165) is 4.90 Å². The maximum atomic E-state index is 12.5. The molecule has 9 nitrogen and oxygen atoms in total. The van der Waals surface area contributed by atoms with E-state index in [4.69, 9.17) is 28.8 Å². The highest BCUT2D eigenvalue weighted by molar-refractivity contribution is 6.32. The number of halogens is 1. The maximum absolute atomic E-state index is 12.5. The van der Waals surface area contributed by atoms with Gasteiger partial charge in [0, 0.05) is 0 Å². The lowest BCUT2D eigenvalue weighted by atomic mass is 10.1. The van der Waals surface area contributed by atoms with Crippen molar-refractivity contribution in [1.29, 1.82) is 0 Å². The molecule has 27 heavy (non-hydrogen) atoms. The van der Waals surface area contributed by atoms with Crippen LogP contribution >= 0.6 is 11.6 Å². The first-order valence-corrected chi connectivity index (χ1v) is 8.06. The number of nitrogens with zero attached hydrogens (tertiary/aromatic N) is 3. The topological polar surface area (TPSA) is 160 Å². The molecule has 0 fully saturated rings. The average Bonchev–Trinajstić information content (AvgIpc) is 2.84. The molecule has 10 heteroatoms. The van der Waals surface area contributed by atoms with Gasteiger partial charge in [-0.1, -0.05) is 23.7 Å². The van der Waals surface area contributed by atoms with Crippen LogP contribution in [0.2, 0.25) is 5.02 Å². The Bertz CT molecular complexity index is 979. The van der Waals surface area contributed by atoms with Crippen molar-refractivity contribution in [3.05, 3.63) is 58.1 Å². The molecule has 0 atom stereocenters. The number of hydrogen-bond acceptors (Lipinski definition) is 4. The van der Waals surface area contributed by atoms with Crippen LogP contribution in [0.4, 0.5) is 5.69 Å². The number of nitrogens with two attached hydrogens (primary N) is 3. The third-order valence-electron chi connectivity index (χ3n) is 3.80. The Kier molecular flexibility index (Phi) is 4.70. The predicted molar refractivity (Wildman–Crippen MR) is 101 cm³/mol. The Labute approximate surface area is 158 Å². The molecule has 0 aliphatic carbocycles. The quantitative estimate of drug-likeness (QED) is 0.350. The van der Waals surface area contributed by atoms with Crippen molar-refractivity contribution in [3.8, 4) is 5.75 Å². The second kappa shape index (κ2) is 6.96. The zero-order valence-corrected chi connectivity index (χ0v) is 14.6. The number of aliphatic imine (C=N–C) groups is 2. The van der Waals surface area contributed by atoms with Gasteiger partial charge in [0.2, 0.25) is 5.96 Å². The number of imide groups is 1. The first-order chi connectivity index (χ1) is 12.8. The Balaban J connectivity index is 1.94. The fourth-order valence-electron chi connectivity index (χ4n) is 2.66. The standard InChI is InChI=1S/C17H15ClN6O3/c18-11-5-8(6-12(13(11)25)22-17(21)23-16(19)20)7-24-14(26)9-3-1-2-4-10(9)15(24)27/h1-6,25H,7H2,(H6,19,20,21,22,23). The summed E-state index contributed by atoms with van der Waals surface area (Å²) in [5.41, 5.74) is 17.1. The van der Waals surface area contributed by atoms with Crippen LogP contribution < -0.4 is 17.2 Å². The molecule has 0 saturated carbocycles. The van der Waals surface area contributed by atoms with Crippen LogP contribution in [0.25, 0.3) is 0 Å². The van der Waals surface area contributed by atoms with Crippen molar-refractivity contribution < 1.29 is 14.7 Å². The second-order valence-corrected chi connectivity index (χ2v) is 6.10. The van der Waals surface area contributed by atoms with Gasteiger partial charge in [-0.15, -0.1) is 0 Å². The summed E-state index contributed by atoms with van der Waals surface area (Å²) in [7, 11) is 0. The van der Waals surface area contributed by atoms with Gasteiger partial charge in [0.25, 0.3) is 11.8 Å². The van der Waals surface area contributed by atoms with Crippen molar-refractivity contribution in [2.24, 2.45) is 27.2 Å². The van der Waals surface area contributed by atoms with E-state index in [1.165, 1.54) is 12.1 Å². The average molecular weight is 387 g/mol. The Morgan fingerprint density at radius 3 is 2.22 bits per heavy atom. The number of guanidine groups is 2. The normalized spacial score (nSPS) is 13.7. The molecule has 0 radical (unpaired) electrons. The van der Waals surface area contributed by atoms with Crippen LogP contribution in [0, 0.1) is 0 Å². The minimum Gasteiger partial charge on any atom is -0.504 e. The van der Waals surface area contributed by atoms with E-state index in [-0.39, 0.29) is 34.9 Å². The summed E-state index contributed by atoms with van der Waals surface area (Å²) < 4.78 is 0. The van der Waals surface area contributed by atoms with E-state index < -0.39 is 11.8 Å². The number of rotatable bonds is 3. The van der Waals surface area contributed by atoms with E-state index >= 15 is 0 Å². The van der Waals surface area contributed by atoms with Crippen LogP contribution in [-0.2, 0) is 6.54 Å².